The lowest BCUT2D eigenvalue weighted by molar-refractivity contribution is -0.141. The molecule has 33 heavy (non-hydrogen) atoms. The molecule has 3 aromatic carbocycles. The van der Waals surface area contributed by atoms with Crippen molar-refractivity contribution in [2.24, 2.45) is 7.05 Å². The van der Waals surface area contributed by atoms with Gasteiger partial charge in [0.2, 0.25) is 5.91 Å². The molecule has 2 N–H and O–H groups in total. The molecule has 0 bridgehead atoms. The lowest BCUT2D eigenvalue weighted by Gasteiger charge is -2.13. The molecule has 0 radical (unpaired) electrons. The van der Waals surface area contributed by atoms with Gasteiger partial charge in [-0.2, -0.15) is 0 Å². The molecule has 1 aromatic heterocycles. The standard InChI is InChI=1S/C27H24N2O4/c1-29-18-20(23-9-5-6-10-25(23)29)17-24(27(31)32)28-26(30)16-13-19-11-14-22(15-12-19)33-21-7-3-2-4-8-21/h2-16,18,24H,17H2,1H3,(H,28,30)(H,31,32)/b16-13+/t24-/m0/s1. The van der Waals surface area contributed by atoms with Crippen molar-refractivity contribution >= 4 is 28.9 Å². The zero-order chi connectivity index (χ0) is 23.2. The molecule has 1 atom stereocenters. The van der Waals surface area contributed by atoms with Gasteiger partial charge in [0, 0.05) is 36.6 Å². The maximum absolute atomic E-state index is 12.4. The fraction of sp³-hybridized carbons (Fsp3) is 0.111. The summed E-state index contributed by atoms with van der Waals surface area (Å²) in [6.07, 6.45) is 5.08. The summed E-state index contributed by atoms with van der Waals surface area (Å²) in [6.45, 7) is 0. The van der Waals surface area contributed by atoms with Gasteiger partial charge >= 0.3 is 5.97 Å². The van der Waals surface area contributed by atoms with Crippen molar-refractivity contribution in [1.82, 2.24) is 9.88 Å². The number of carbonyl (C=O) groups is 2. The Morgan fingerprint density at radius 1 is 0.970 bits per heavy atom. The fourth-order valence-corrected chi connectivity index (χ4v) is 3.67. The Hall–Kier alpha value is -4.32. The number of para-hydroxylation sites is 2. The van der Waals surface area contributed by atoms with Crippen LogP contribution in [0.2, 0.25) is 0 Å². The van der Waals surface area contributed by atoms with Crippen molar-refractivity contribution in [2.45, 2.75) is 12.5 Å². The molecule has 0 saturated carbocycles. The van der Waals surface area contributed by atoms with E-state index in [1.54, 1.807) is 6.08 Å². The third kappa shape index (κ3) is 5.49. The highest BCUT2D eigenvalue weighted by atomic mass is 16.5. The summed E-state index contributed by atoms with van der Waals surface area (Å²) in [5, 5.41) is 13.2. The third-order valence-electron chi connectivity index (χ3n) is 5.30. The highest BCUT2D eigenvalue weighted by Gasteiger charge is 2.21. The van der Waals surface area contributed by atoms with Crippen LogP contribution in [0.1, 0.15) is 11.1 Å². The first-order chi connectivity index (χ1) is 16.0. The van der Waals surface area contributed by atoms with E-state index in [1.165, 1.54) is 6.08 Å². The number of amides is 1. The van der Waals surface area contributed by atoms with Crippen LogP contribution in [-0.2, 0) is 23.1 Å². The number of rotatable bonds is 8. The Bertz CT molecular complexity index is 1290. The molecule has 0 saturated heterocycles. The van der Waals surface area contributed by atoms with Crippen LogP contribution in [0.25, 0.3) is 17.0 Å². The molecular formula is C27H24N2O4. The summed E-state index contributed by atoms with van der Waals surface area (Å²) in [5.41, 5.74) is 2.69. The van der Waals surface area contributed by atoms with Gasteiger partial charge in [-0.1, -0.05) is 48.5 Å². The highest BCUT2D eigenvalue weighted by Crippen LogP contribution is 2.22. The summed E-state index contributed by atoms with van der Waals surface area (Å²) in [5.74, 6) is -0.116. The summed E-state index contributed by atoms with van der Waals surface area (Å²) >= 11 is 0. The van der Waals surface area contributed by atoms with Gasteiger partial charge < -0.3 is 19.7 Å². The van der Waals surface area contributed by atoms with Crippen molar-refractivity contribution in [1.29, 1.82) is 0 Å². The molecule has 0 fully saturated rings. The molecular weight excluding hydrogens is 416 g/mol. The number of aromatic nitrogens is 1. The zero-order valence-corrected chi connectivity index (χ0v) is 18.1. The van der Waals surface area contributed by atoms with E-state index >= 15 is 0 Å². The molecule has 1 heterocycles. The Morgan fingerprint density at radius 2 is 1.64 bits per heavy atom. The number of aliphatic carboxylic acids is 1. The molecule has 166 valence electrons. The van der Waals surface area contributed by atoms with Gasteiger partial charge in [-0.3, -0.25) is 4.79 Å². The number of nitrogens with zero attached hydrogens (tertiary/aromatic N) is 1. The molecule has 6 nitrogen and oxygen atoms in total. The molecule has 1 amide bonds. The van der Waals surface area contributed by atoms with E-state index in [2.05, 4.69) is 5.32 Å². The number of fused-ring (bicyclic) bond motifs is 1. The largest absolute Gasteiger partial charge is 0.480 e. The number of carboxylic acid groups (broad SMARTS) is 1. The van der Waals surface area contributed by atoms with Crippen LogP contribution in [0.15, 0.2) is 91.1 Å². The normalized spacial score (nSPS) is 12.0. The smallest absolute Gasteiger partial charge is 0.326 e. The van der Waals surface area contributed by atoms with Gasteiger partial charge in [-0.15, -0.1) is 0 Å². The van der Waals surface area contributed by atoms with Gasteiger partial charge in [0.1, 0.15) is 17.5 Å². The summed E-state index contributed by atoms with van der Waals surface area (Å²) in [4.78, 5) is 24.2. The quantitative estimate of drug-likeness (QED) is 0.386. The number of hydrogen-bond acceptors (Lipinski definition) is 3. The summed E-state index contributed by atoms with van der Waals surface area (Å²) < 4.78 is 7.71. The van der Waals surface area contributed by atoms with Crippen LogP contribution >= 0.6 is 0 Å². The van der Waals surface area contributed by atoms with E-state index < -0.39 is 17.9 Å². The monoisotopic (exact) mass is 440 g/mol. The predicted octanol–water partition coefficient (Wildman–Crippen LogP) is 4.80. The number of nitrogens with one attached hydrogen (secondary N) is 1. The molecule has 0 aliphatic rings. The van der Waals surface area contributed by atoms with Crippen LogP contribution in [0, 0.1) is 0 Å². The average Bonchev–Trinajstić information content (AvgIpc) is 3.14. The topological polar surface area (TPSA) is 80.6 Å². The van der Waals surface area contributed by atoms with E-state index in [4.69, 9.17) is 4.74 Å². The molecule has 6 heteroatoms. The first-order valence-corrected chi connectivity index (χ1v) is 10.6. The fourth-order valence-electron chi connectivity index (χ4n) is 3.67. The molecule has 0 aliphatic carbocycles. The second-order valence-corrected chi connectivity index (χ2v) is 7.70. The van der Waals surface area contributed by atoms with Crippen LogP contribution in [-0.4, -0.2) is 27.6 Å². The van der Waals surface area contributed by atoms with E-state index in [9.17, 15) is 14.7 Å². The summed E-state index contributed by atoms with van der Waals surface area (Å²) in [6, 6.07) is 23.5. The zero-order valence-electron chi connectivity index (χ0n) is 18.1. The van der Waals surface area contributed by atoms with Gasteiger partial charge in [-0.05, 0) is 47.5 Å². The van der Waals surface area contributed by atoms with Gasteiger partial charge in [0.15, 0.2) is 0 Å². The molecule has 0 aliphatic heterocycles. The van der Waals surface area contributed by atoms with Crippen molar-refractivity contribution in [3.8, 4) is 11.5 Å². The first-order valence-electron chi connectivity index (χ1n) is 10.6. The predicted molar refractivity (Wildman–Crippen MR) is 128 cm³/mol. The number of carbonyl (C=O) groups excluding carboxylic acids is 1. The van der Waals surface area contributed by atoms with Crippen molar-refractivity contribution in [2.75, 3.05) is 0 Å². The number of hydrogen-bond donors (Lipinski definition) is 2. The highest BCUT2D eigenvalue weighted by molar-refractivity contribution is 5.94. The van der Waals surface area contributed by atoms with E-state index in [1.807, 2.05) is 96.7 Å². The Morgan fingerprint density at radius 3 is 2.36 bits per heavy atom. The van der Waals surface area contributed by atoms with Crippen LogP contribution in [0.5, 0.6) is 11.5 Å². The lowest BCUT2D eigenvalue weighted by atomic mass is 10.0. The lowest BCUT2D eigenvalue weighted by Crippen LogP contribution is -2.41. The van der Waals surface area contributed by atoms with Gasteiger partial charge in [-0.25, -0.2) is 4.79 Å². The number of benzene rings is 3. The molecule has 0 unspecified atom stereocenters. The minimum absolute atomic E-state index is 0.196. The Labute approximate surface area is 191 Å². The minimum atomic E-state index is -1.08. The summed E-state index contributed by atoms with van der Waals surface area (Å²) in [7, 11) is 1.92. The average molecular weight is 440 g/mol. The van der Waals surface area contributed by atoms with Crippen molar-refractivity contribution in [3.05, 3.63) is 102 Å². The van der Waals surface area contributed by atoms with Crippen molar-refractivity contribution in [3.63, 3.8) is 0 Å². The maximum Gasteiger partial charge on any atom is 0.326 e. The van der Waals surface area contributed by atoms with E-state index in [0.717, 1.165) is 27.8 Å². The number of ether oxygens (including phenoxy) is 1. The SMILES string of the molecule is Cn1cc(C[C@H](NC(=O)/C=C/c2ccc(Oc3ccccc3)cc2)C(=O)O)c2ccccc21. The molecule has 0 spiro atoms. The van der Waals surface area contributed by atoms with Gasteiger partial charge in [0.05, 0.1) is 0 Å². The van der Waals surface area contributed by atoms with Crippen molar-refractivity contribution < 1.29 is 19.4 Å². The van der Waals surface area contributed by atoms with E-state index in [0.29, 0.717) is 5.75 Å². The second kappa shape index (κ2) is 9.87. The van der Waals surface area contributed by atoms with E-state index in [-0.39, 0.29) is 6.42 Å². The Kier molecular flexibility index (Phi) is 6.55. The van der Waals surface area contributed by atoms with Gasteiger partial charge in [0.25, 0.3) is 0 Å². The van der Waals surface area contributed by atoms with Crippen LogP contribution in [0.3, 0.4) is 0 Å². The number of carboxylic acids is 1. The third-order valence-corrected chi connectivity index (χ3v) is 5.30. The maximum atomic E-state index is 12.4. The Balaban J connectivity index is 1.39. The first kappa shape index (κ1) is 21.9. The van der Waals surface area contributed by atoms with Crippen LogP contribution < -0.4 is 10.1 Å². The second-order valence-electron chi connectivity index (χ2n) is 7.70. The van der Waals surface area contributed by atoms with Crippen LogP contribution in [0.4, 0.5) is 0 Å². The number of aryl methyl sites for hydroxylation is 1. The minimum Gasteiger partial charge on any atom is -0.480 e. The molecule has 4 rings (SSSR count). The molecule has 4 aromatic rings.